The van der Waals surface area contributed by atoms with Crippen LogP contribution in [0.25, 0.3) is 0 Å². The first-order chi connectivity index (χ1) is 7.77. The van der Waals surface area contributed by atoms with E-state index < -0.39 is 6.09 Å². The van der Waals surface area contributed by atoms with Crippen LogP contribution in [0, 0.1) is 12.3 Å². The van der Waals surface area contributed by atoms with Gasteiger partial charge in [0.05, 0.1) is 25.4 Å². The molecule has 0 aliphatic heterocycles. The molecule has 1 amide bonds. The molecular weight excluding hydrogens is 206 g/mol. The molecule has 0 spiro atoms. The Bertz CT molecular complexity index is 373. The molecule has 0 fully saturated rings. The second-order valence-corrected chi connectivity index (χ2v) is 2.96. The van der Waals surface area contributed by atoms with Crippen molar-refractivity contribution in [2.75, 3.05) is 13.2 Å². The summed E-state index contributed by atoms with van der Waals surface area (Å²) in [6.07, 6.45) is 7.79. The van der Waals surface area contributed by atoms with Gasteiger partial charge in [0, 0.05) is 6.20 Å². The van der Waals surface area contributed by atoms with Gasteiger partial charge in [-0.3, -0.25) is 4.90 Å². The van der Waals surface area contributed by atoms with Gasteiger partial charge in [0.15, 0.2) is 0 Å². The standard InChI is InChI=1S/C11H13N3O2/c1-3-7-14(11(15)16-4-2)8-10-5-6-12-9-13-10/h1,5-6,9H,4,7-8H2,2H3. The van der Waals surface area contributed by atoms with Crippen LogP contribution < -0.4 is 0 Å². The van der Waals surface area contributed by atoms with E-state index >= 15 is 0 Å². The molecule has 1 aromatic heterocycles. The van der Waals surface area contributed by atoms with Crippen molar-refractivity contribution in [3.05, 3.63) is 24.3 Å². The largest absolute Gasteiger partial charge is 0.450 e. The Kier molecular flexibility index (Phi) is 4.80. The Morgan fingerprint density at radius 3 is 3.06 bits per heavy atom. The monoisotopic (exact) mass is 219 g/mol. The van der Waals surface area contributed by atoms with Crippen LogP contribution in [0.1, 0.15) is 12.6 Å². The van der Waals surface area contributed by atoms with E-state index in [0.717, 1.165) is 5.69 Å². The summed E-state index contributed by atoms with van der Waals surface area (Å²) in [6.45, 7) is 2.59. The summed E-state index contributed by atoms with van der Waals surface area (Å²) < 4.78 is 4.88. The van der Waals surface area contributed by atoms with Crippen LogP contribution in [0.5, 0.6) is 0 Å². The first kappa shape index (κ1) is 12.0. The summed E-state index contributed by atoms with van der Waals surface area (Å²) in [6, 6.07) is 1.72. The van der Waals surface area contributed by atoms with Crippen molar-refractivity contribution in [3.63, 3.8) is 0 Å². The van der Waals surface area contributed by atoms with Gasteiger partial charge in [0.25, 0.3) is 0 Å². The average molecular weight is 219 g/mol. The minimum atomic E-state index is -0.431. The summed E-state index contributed by atoms with van der Waals surface area (Å²) in [5.74, 6) is 2.41. The molecule has 1 aromatic rings. The number of hydrogen-bond donors (Lipinski definition) is 0. The number of aromatic nitrogens is 2. The van der Waals surface area contributed by atoms with Crippen LogP contribution in [0.15, 0.2) is 18.6 Å². The van der Waals surface area contributed by atoms with Crippen LogP contribution in [0.3, 0.4) is 0 Å². The summed E-state index contributed by atoms with van der Waals surface area (Å²) in [7, 11) is 0. The minimum Gasteiger partial charge on any atom is -0.450 e. The highest BCUT2D eigenvalue weighted by atomic mass is 16.6. The number of carbonyl (C=O) groups excluding carboxylic acids is 1. The third-order valence-electron chi connectivity index (χ3n) is 1.80. The second-order valence-electron chi connectivity index (χ2n) is 2.96. The van der Waals surface area contributed by atoms with E-state index in [-0.39, 0.29) is 6.54 Å². The maximum atomic E-state index is 11.5. The zero-order chi connectivity index (χ0) is 11.8. The predicted octanol–water partition coefficient (Wildman–Crippen LogP) is 1.07. The van der Waals surface area contributed by atoms with Gasteiger partial charge in [-0.05, 0) is 13.0 Å². The summed E-state index contributed by atoms with van der Waals surface area (Å²) >= 11 is 0. The molecule has 0 saturated heterocycles. The van der Waals surface area contributed by atoms with Gasteiger partial charge < -0.3 is 4.74 Å². The summed E-state index contributed by atoms with van der Waals surface area (Å²) in [4.78, 5) is 20.7. The Labute approximate surface area is 94.5 Å². The van der Waals surface area contributed by atoms with Gasteiger partial charge in [0.1, 0.15) is 6.33 Å². The fraction of sp³-hybridized carbons (Fsp3) is 0.364. The Balaban J connectivity index is 2.65. The Hall–Kier alpha value is -2.09. The SMILES string of the molecule is C#CCN(Cc1ccncn1)C(=O)OCC. The van der Waals surface area contributed by atoms with Gasteiger partial charge >= 0.3 is 6.09 Å². The van der Waals surface area contributed by atoms with Gasteiger partial charge in [-0.25, -0.2) is 14.8 Å². The molecule has 84 valence electrons. The van der Waals surface area contributed by atoms with Crippen LogP contribution in [0.2, 0.25) is 0 Å². The van der Waals surface area contributed by atoms with Crippen molar-refractivity contribution in [2.45, 2.75) is 13.5 Å². The number of ether oxygens (including phenoxy) is 1. The first-order valence-corrected chi connectivity index (χ1v) is 4.88. The van der Waals surface area contributed by atoms with Crippen LogP contribution in [-0.2, 0) is 11.3 Å². The number of nitrogens with zero attached hydrogens (tertiary/aromatic N) is 3. The third-order valence-corrected chi connectivity index (χ3v) is 1.80. The average Bonchev–Trinajstić information content (AvgIpc) is 2.30. The van der Waals surface area contributed by atoms with Crippen LogP contribution in [0.4, 0.5) is 4.79 Å². The van der Waals surface area contributed by atoms with Crippen LogP contribution >= 0.6 is 0 Å². The maximum absolute atomic E-state index is 11.5. The fourth-order valence-corrected chi connectivity index (χ4v) is 1.12. The molecule has 0 aromatic carbocycles. The van der Waals surface area contributed by atoms with Crippen molar-refractivity contribution < 1.29 is 9.53 Å². The van der Waals surface area contributed by atoms with Crippen LogP contribution in [-0.4, -0.2) is 34.1 Å². The molecule has 0 bridgehead atoms. The van der Waals surface area contributed by atoms with E-state index in [1.807, 2.05) is 0 Å². The molecule has 5 nitrogen and oxygen atoms in total. The number of amides is 1. The van der Waals surface area contributed by atoms with Crippen molar-refractivity contribution >= 4 is 6.09 Å². The molecule has 0 aliphatic rings. The minimum absolute atomic E-state index is 0.197. The van der Waals surface area contributed by atoms with E-state index in [1.54, 1.807) is 19.2 Å². The van der Waals surface area contributed by atoms with Crippen molar-refractivity contribution in [2.24, 2.45) is 0 Å². The molecular formula is C11H13N3O2. The molecule has 0 N–H and O–H groups in total. The maximum Gasteiger partial charge on any atom is 0.410 e. The normalized spacial score (nSPS) is 9.25. The fourth-order valence-electron chi connectivity index (χ4n) is 1.12. The van der Waals surface area contributed by atoms with Crippen molar-refractivity contribution in [1.82, 2.24) is 14.9 Å². The number of hydrogen-bond acceptors (Lipinski definition) is 4. The van der Waals surface area contributed by atoms with Gasteiger partial charge in [-0.15, -0.1) is 6.42 Å². The molecule has 5 heteroatoms. The molecule has 0 aliphatic carbocycles. The van der Waals surface area contributed by atoms with Gasteiger partial charge in [-0.1, -0.05) is 5.92 Å². The Morgan fingerprint density at radius 1 is 1.69 bits per heavy atom. The van der Waals surface area contributed by atoms with E-state index in [2.05, 4.69) is 15.9 Å². The molecule has 16 heavy (non-hydrogen) atoms. The smallest absolute Gasteiger partial charge is 0.410 e. The lowest BCUT2D eigenvalue weighted by molar-refractivity contribution is 0.109. The molecule has 0 saturated carbocycles. The third kappa shape index (κ3) is 3.58. The lowest BCUT2D eigenvalue weighted by atomic mass is 10.3. The molecule has 1 heterocycles. The number of carbonyl (C=O) groups is 1. The summed E-state index contributed by atoms with van der Waals surface area (Å²) in [5, 5.41) is 0. The highest BCUT2D eigenvalue weighted by Crippen LogP contribution is 2.02. The lowest BCUT2D eigenvalue weighted by Gasteiger charge is -2.18. The molecule has 0 unspecified atom stereocenters. The first-order valence-electron chi connectivity index (χ1n) is 4.88. The molecule has 0 atom stereocenters. The second kappa shape index (κ2) is 6.40. The molecule has 1 rings (SSSR count). The van der Waals surface area contributed by atoms with Crippen molar-refractivity contribution in [1.29, 1.82) is 0 Å². The van der Waals surface area contributed by atoms with Crippen molar-refractivity contribution in [3.8, 4) is 12.3 Å². The zero-order valence-electron chi connectivity index (χ0n) is 9.09. The number of rotatable bonds is 4. The van der Waals surface area contributed by atoms with E-state index in [9.17, 15) is 4.79 Å². The topological polar surface area (TPSA) is 55.3 Å². The quantitative estimate of drug-likeness (QED) is 0.711. The highest BCUT2D eigenvalue weighted by Gasteiger charge is 2.13. The van der Waals surface area contributed by atoms with Gasteiger partial charge in [0.2, 0.25) is 0 Å². The lowest BCUT2D eigenvalue weighted by Crippen LogP contribution is -2.31. The van der Waals surface area contributed by atoms with E-state index in [1.165, 1.54) is 11.2 Å². The van der Waals surface area contributed by atoms with E-state index in [4.69, 9.17) is 11.2 Å². The zero-order valence-corrected chi connectivity index (χ0v) is 9.09. The molecule has 0 radical (unpaired) electrons. The number of terminal acetylenes is 1. The Morgan fingerprint density at radius 2 is 2.50 bits per heavy atom. The predicted molar refractivity (Wildman–Crippen MR) is 58.3 cm³/mol. The van der Waals surface area contributed by atoms with E-state index in [0.29, 0.717) is 13.2 Å². The summed E-state index contributed by atoms with van der Waals surface area (Å²) in [5.41, 5.74) is 0.721. The highest BCUT2D eigenvalue weighted by molar-refractivity contribution is 5.67. The van der Waals surface area contributed by atoms with Gasteiger partial charge in [-0.2, -0.15) is 0 Å².